The van der Waals surface area contributed by atoms with Crippen LogP contribution < -0.4 is 5.32 Å². The van der Waals surface area contributed by atoms with E-state index in [9.17, 15) is 18.0 Å². The van der Waals surface area contributed by atoms with E-state index < -0.39 is 11.7 Å². The number of halogens is 3. The molecule has 1 amide bonds. The zero-order chi connectivity index (χ0) is 15.7. The summed E-state index contributed by atoms with van der Waals surface area (Å²) in [4.78, 5) is 14.2. The Balaban J connectivity index is 1.68. The maximum Gasteiger partial charge on any atom is 0.416 e. The van der Waals surface area contributed by atoms with Gasteiger partial charge in [0.1, 0.15) is 0 Å². The zero-order valence-electron chi connectivity index (χ0n) is 12.2. The molecular formula is C16H19F3N2O. The number of nitrogens with zero attached hydrogens (tertiary/aromatic N) is 1. The quantitative estimate of drug-likeness (QED) is 0.865. The SMILES string of the molecule is O=C(c1ccc(C(F)(F)F)cc1)N1CC[C@H]2NCCC[C@H]2C1. The lowest BCUT2D eigenvalue weighted by atomic mass is 9.85. The van der Waals surface area contributed by atoms with Crippen molar-refractivity contribution < 1.29 is 18.0 Å². The number of carbonyl (C=O) groups excluding carboxylic acids is 1. The van der Waals surface area contributed by atoms with Crippen molar-refractivity contribution in [2.45, 2.75) is 31.5 Å². The number of amides is 1. The lowest BCUT2D eigenvalue weighted by Crippen LogP contribution is -2.53. The van der Waals surface area contributed by atoms with Gasteiger partial charge >= 0.3 is 6.18 Å². The molecule has 3 rings (SSSR count). The monoisotopic (exact) mass is 312 g/mol. The number of hydrogen-bond donors (Lipinski definition) is 1. The number of rotatable bonds is 1. The zero-order valence-corrected chi connectivity index (χ0v) is 12.2. The van der Waals surface area contributed by atoms with Crippen LogP contribution in [0.1, 0.15) is 35.2 Å². The molecule has 0 aliphatic carbocycles. The Morgan fingerprint density at radius 2 is 1.91 bits per heavy atom. The van der Waals surface area contributed by atoms with E-state index >= 15 is 0 Å². The van der Waals surface area contributed by atoms with Gasteiger partial charge in [-0.25, -0.2) is 0 Å². The molecule has 22 heavy (non-hydrogen) atoms. The van der Waals surface area contributed by atoms with Crippen LogP contribution in [0, 0.1) is 5.92 Å². The number of benzene rings is 1. The van der Waals surface area contributed by atoms with Crippen LogP contribution in [0.2, 0.25) is 0 Å². The second-order valence-corrected chi connectivity index (χ2v) is 6.08. The highest BCUT2D eigenvalue weighted by Gasteiger charge is 2.34. The second-order valence-electron chi connectivity index (χ2n) is 6.08. The molecule has 0 unspecified atom stereocenters. The minimum absolute atomic E-state index is 0.169. The van der Waals surface area contributed by atoms with Crippen LogP contribution in [-0.4, -0.2) is 36.5 Å². The molecule has 0 saturated carbocycles. The Labute approximate surface area is 127 Å². The number of piperidine rings is 2. The van der Waals surface area contributed by atoms with Crippen LogP contribution in [0.3, 0.4) is 0 Å². The molecule has 0 radical (unpaired) electrons. The maximum atomic E-state index is 12.6. The first-order valence-electron chi connectivity index (χ1n) is 7.65. The van der Waals surface area contributed by atoms with E-state index in [1.807, 2.05) is 0 Å². The third-order valence-electron chi connectivity index (χ3n) is 4.64. The third-order valence-corrected chi connectivity index (χ3v) is 4.64. The fourth-order valence-corrected chi connectivity index (χ4v) is 3.41. The highest BCUT2D eigenvalue weighted by atomic mass is 19.4. The summed E-state index contributed by atoms with van der Waals surface area (Å²) in [5.41, 5.74) is -0.394. The first kappa shape index (κ1) is 15.3. The molecule has 0 spiro atoms. The summed E-state index contributed by atoms with van der Waals surface area (Å²) < 4.78 is 37.7. The number of carbonyl (C=O) groups is 1. The van der Waals surface area contributed by atoms with E-state index in [1.54, 1.807) is 4.90 Å². The normalized spacial score (nSPS) is 25.7. The Kier molecular flexibility index (Phi) is 4.12. The molecule has 2 aliphatic heterocycles. The van der Waals surface area contributed by atoms with Gasteiger partial charge < -0.3 is 10.2 Å². The van der Waals surface area contributed by atoms with Gasteiger partial charge in [-0.1, -0.05) is 0 Å². The standard InChI is InChI=1S/C16H19F3N2O/c17-16(18,19)13-5-3-11(4-6-13)15(22)21-9-7-14-12(10-21)2-1-8-20-14/h3-6,12,14,20H,1-2,7-10H2/t12-,14+/m0/s1. The van der Waals surface area contributed by atoms with Crippen molar-refractivity contribution in [3.63, 3.8) is 0 Å². The Bertz CT molecular complexity index is 541. The topological polar surface area (TPSA) is 32.3 Å². The van der Waals surface area contributed by atoms with E-state index in [-0.39, 0.29) is 5.91 Å². The first-order chi connectivity index (χ1) is 10.4. The van der Waals surface area contributed by atoms with Gasteiger partial charge in [0.2, 0.25) is 0 Å². The lowest BCUT2D eigenvalue weighted by molar-refractivity contribution is -0.137. The fraction of sp³-hybridized carbons (Fsp3) is 0.562. The molecule has 2 saturated heterocycles. The minimum Gasteiger partial charge on any atom is -0.338 e. The number of fused-ring (bicyclic) bond motifs is 1. The molecule has 2 atom stereocenters. The summed E-state index contributed by atoms with van der Waals surface area (Å²) >= 11 is 0. The van der Waals surface area contributed by atoms with Crippen LogP contribution in [0.15, 0.2) is 24.3 Å². The van der Waals surface area contributed by atoms with Gasteiger partial charge in [0.25, 0.3) is 5.91 Å². The van der Waals surface area contributed by atoms with Gasteiger partial charge in [-0.3, -0.25) is 4.79 Å². The molecule has 6 heteroatoms. The number of nitrogens with one attached hydrogen (secondary N) is 1. The number of alkyl halides is 3. The first-order valence-corrected chi connectivity index (χ1v) is 7.65. The summed E-state index contributed by atoms with van der Waals surface area (Å²) in [7, 11) is 0. The van der Waals surface area contributed by atoms with Gasteiger partial charge in [-0.15, -0.1) is 0 Å². The number of hydrogen-bond acceptors (Lipinski definition) is 2. The third kappa shape index (κ3) is 3.11. The Morgan fingerprint density at radius 1 is 1.18 bits per heavy atom. The molecular weight excluding hydrogens is 293 g/mol. The molecule has 1 aromatic rings. The molecule has 1 N–H and O–H groups in total. The number of likely N-dealkylation sites (tertiary alicyclic amines) is 1. The van der Waals surface area contributed by atoms with Crippen LogP contribution in [0.25, 0.3) is 0 Å². The van der Waals surface area contributed by atoms with E-state index in [0.717, 1.165) is 37.9 Å². The van der Waals surface area contributed by atoms with Gasteiger partial charge in [0, 0.05) is 24.7 Å². The van der Waals surface area contributed by atoms with E-state index in [0.29, 0.717) is 30.6 Å². The Hall–Kier alpha value is -1.56. The van der Waals surface area contributed by atoms with Gasteiger partial charge in [-0.05, 0) is 56.0 Å². The van der Waals surface area contributed by atoms with Crippen molar-refractivity contribution in [1.82, 2.24) is 10.2 Å². The van der Waals surface area contributed by atoms with Crippen LogP contribution in [0.4, 0.5) is 13.2 Å². The molecule has 1 aromatic carbocycles. The van der Waals surface area contributed by atoms with Crippen molar-refractivity contribution in [1.29, 1.82) is 0 Å². The predicted molar refractivity (Wildman–Crippen MR) is 76.5 cm³/mol. The van der Waals surface area contributed by atoms with Crippen LogP contribution in [0.5, 0.6) is 0 Å². The van der Waals surface area contributed by atoms with E-state index in [1.165, 1.54) is 12.1 Å². The van der Waals surface area contributed by atoms with Crippen molar-refractivity contribution >= 4 is 5.91 Å². The summed E-state index contributed by atoms with van der Waals surface area (Å²) in [6.45, 7) is 2.39. The summed E-state index contributed by atoms with van der Waals surface area (Å²) in [5.74, 6) is 0.290. The fourth-order valence-electron chi connectivity index (χ4n) is 3.41. The maximum absolute atomic E-state index is 12.6. The predicted octanol–water partition coefficient (Wildman–Crippen LogP) is 2.92. The average Bonchev–Trinajstić information content (AvgIpc) is 2.53. The Morgan fingerprint density at radius 3 is 2.59 bits per heavy atom. The van der Waals surface area contributed by atoms with Crippen molar-refractivity contribution in [2.24, 2.45) is 5.92 Å². The summed E-state index contributed by atoms with van der Waals surface area (Å²) in [6.07, 6.45) is -1.23. The molecule has 2 aliphatic rings. The van der Waals surface area contributed by atoms with Crippen molar-refractivity contribution in [3.8, 4) is 0 Å². The van der Waals surface area contributed by atoms with Gasteiger partial charge in [0.05, 0.1) is 5.56 Å². The molecule has 120 valence electrons. The molecule has 2 heterocycles. The van der Waals surface area contributed by atoms with Crippen molar-refractivity contribution in [3.05, 3.63) is 35.4 Å². The summed E-state index contributed by atoms with van der Waals surface area (Å²) in [6, 6.07) is 4.97. The highest BCUT2D eigenvalue weighted by molar-refractivity contribution is 5.94. The molecule has 3 nitrogen and oxygen atoms in total. The van der Waals surface area contributed by atoms with Gasteiger partial charge in [-0.2, -0.15) is 13.2 Å². The molecule has 0 aromatic heterocycles. The highest BCUT2D eigenvalue weighted by Crippen LogP contribution is 2.30. The lowest BCUT2D eigenvalue weighted by Gasteiger charge is -2.41. The molecule has 2 fully saturated rings. The van der Waals surface area contributed by atoms with Crippen molar-refractivity contribution in [2.75, 3.05) is 19.6 Å². The van der Waals surface area contributed by atoms with Crippen LogP contribution in [-0.2, 0) is 6.18 Å². The van der Waals surface area contributed by atoms with Gasteiger partial charge in [0.15, 0.2) is 0 Å². The second kappa shape index (κ2) is 5.91. The smallest absolute Gasteiger partial charge is 0.338 e. The average molecular weight is 312 g/mol. The van der Waals surface area contributed by atoms with Crippen LogP contribution >= 0.6 is 0 Å². The summed E-state index contributed by atoms with van der Waals surface area (Å²) in [5, 5.41) is 3.48. The molecule has 0 bridgehead atoms. The van der Waals surface area contributed by atoms with E-state index in [2.05, 4.69) is 5.32 Å². The minimum atomic E-state index is -4.37. The van der Waals surface area contributed by atoms with E-state index in [4.69, 9.17) is 0 Å². The largest absolute Gasteiger partial charge is 0.416 e.